The van der Waals surface area contributed by atoms with Gasteiger partial charge in [0, 0.05) is 19.6 Å². The third-order valence-corrected chi connectivity index (χ3v) is 5.33. The van der Waals surface area contributed by atoms with E-state index < -0.39 is 0 Å². The Hall–Kier alpha value is -1.79. The number of hydrogen-bond donors (Lipinski definition) is 1. The monoisotopic (exact) mass is 361 g/mol. The van der Waals surface area contributed by atoms with Crippen molar-refractivity contribution in [2.45, 2.75) is 31.7 Å². The van der Waals surface area contributed by atoms with Crippen LogP contribution < -0.4 is 10.1 Å². The molecule has 2 aliphatic rings. The highest BCUT2D eigenvalue weighted by Crippen LogP contribution is 2.25. The lowest BCUT2D eigenvalue weighted by Crippen LogP contribution is -2.48. The van der Waals surface area contributed by atoms with E-state index >= 15 is 0 Å². The highest BCUT2D eigenvalue weighted by atomic mass is 16.5. The predicted octanol–water partition coefficient (Wildman–Crippen LogP) is 2.65. The lowest BCUT2D eigenvalue weighted by atomic mass is 10.0. The van der Waals surface area contributed by atoms with Crippen LogP contribution in [0.1, 0.15) is 37.3 Å². The van der Waals surface area contributed by atoms with Gasteiger partial charge in [-0.15, -0.1) is 0 Å². The number of nitrogens with zero attached hydrogens (tertiary/aromatic N) is 2. The van der Waals surface area contributed by atoms with Crippen LogP contribution in [0.3, 0.4) is 0 Å². The molecule has 0 bridgehead atoms. The maximum Gasteiger partial charge on any atom is 0.317 e. The standard InChI is InChI=1S/C20H31N3O3/c1-25-18-8-6-17(7-9-18)19(22-10-4-2-3-5-11-22)16-21-20(24)23-12-14-26-15-13-23/h6-9,19H,2-5,10-16H2,1H3,(H,21,24). The summed E-state index contributed by atoms with van der Waals surface area (Å²) in [6.07, 6.45) is 5.05. The number of carbonyl (C=O) groups is 1. The third kappa shape index (κ3) is 5.11. The zero-order chi connectivity index (χ0) is 18.2. The van der Waals surface area contributed by atoms with E-state index in [0.717, 1.165) is 18.8 Å². The highest BCUT2D eigenvalue weighted by molar-refractivity contribution is 5.74. The quantitative estimate of drug-likeness (QED) is 0.876. The normalized spacial score (nSPS) is 20.3. The fourth-order valence-electron chi connectivity index (χ4n) is 3.75. The van der Waals surface area contributed by atoms with Gasteiger partial charge in [0.1, 0.15) is 5.75 Å². The molecule has 3 rings (SSSR count). The average Bonchev–Trinajstić information content (AvgIpc) is 2.98. The first-order valence-electron chi connectivity index (χ1n) is 9.76. The van der Waals surface area contributed by atoms with Crippen LogP contribution in [0.5, 0.6) is 5.75 Å². The molecule has 0 aromatic heterocycles. The fraction of sp³-hybridized carbons (Fsp3) is 0.650. The van der Waals surface area contributed by atoms with E-state index in [1.807, 2.05) is 17.0 Å². The number of nitrogens with one attached hydrogen (secondary N) is 1. The molecule has 6 heteroatoms. The summed E-state index contributed by atoms with van der Waals surface area (Å²) in [7, 11) is 1.68. The fourth-order valence-corrected chi connectivity index (χ4v) is 3.75. The van der Waals surface area contributed by atoms with Gasteiger partial charge in [0.15, 0.2) is 0 Å². The van der Waals surface area contributed by atoms with Gasteiger partial charge >= 0.3 is 6.03 Å². The van der Waals surface area contributed by atoms with Crippen LogP contribution in [0.2, 0.25) is 0 Å². The Bertz CT molecular complexity index is 550. The number of benzene rings is 1. The molecule has 2 heterocycles. The van der Waals surface area contributed by atoms with Gasteiger partial charge in [-0.25, -0.2) is 4.79 Å². The van der Waals surface area contributed by atoms with Crippen molar-refractivity contribution in [3.8, 4) is 5.75 Å². The van der Waals surface area contributed by atoms with E-state index in [9.17, 15) is 4.79 Å². The van der Waals surface area contributed by atoms with Crippen molar-refractivity contribution < 1.29 is 14.3 Å². The number of methoxy groups -OCH3 is 1. The summed E-state index contributed by atoms with van der Waals surface area (Å²) in [5.74, 6) is 0.862. The number of hydrogen-bond acceptors (Lipinski definition) is 4. The molecular formula is C20H31N3O3. The molecular weight excluding hydrogens is 330 g/mol. The highest BCUT2D eigenvalue weighted by Gasteiger charge is 2.24. The third-order valence-electron chi connectivity index (χ3n) is 5.33. The molecule has 0 aliphatic carbocycles. The lowest BCUT2D eigenvalue weighted by molar-refractivity contribution is 0.0526. The summed E-state index contributed by atoms with van der Waals surface area (Å²) < 4.78 is 10.6. The maximum absolute atomic E-state index is 12.5. The number of rotatable bonds is 5. The second kappa shape index (κ2) is 9.78. The molecule has 1 N–H and O–H groups in total. The first-order chi connectivity index (χ1) is 12.8. The van der Waals surface area contributed by atoms with Crippen molar-refractivity contribution in [2.75, 3.05) is 53.0 Å². The molecule has 6 nitrogen and oxygen atoms in total. The van der Waals surface area contributed by atoms with Crippen molar-refractivity contribution >= 4 is 6.03 Å². The van der Waals surface area contributed by atoms with Gasteiger partial charge in [0.2, 0.25) is 0 Å². The van der Waals surface area contributed by atoms with E-state index in [-0.39, 0.29) is 12.1 Å². The minimum absolute atomic E-state index is 0.0154. The van der Waals surface area contributed by atoms with Gasteiger partial charge in [0.05, 0.1) is 26.4 Å². The first kappa shape index (κ1) is 19.0. The number of ether oxygens (including phenoxy) is 2. The number of amides is 2. The summed E-state index contributed by atoms with van der Waals surface area (Å²) in [6.45, 7) is 5.39. The topological polar surface area (TPSA) is 54.0 Å². The summed E-state index contributed by atoms with van der Waals surface area (Å²) in [4.78, 5) is 16.9. The van der Waals surface area contributed by atoms with Gasteiger partial charge in [-0.05, 0) is 43.6 Å². The summed E-state index contributed by atoms with van der Waals surface area (Å²) in [6, 6.07) is 8.46. The van der Waals surface area contributed by atoms with Gasteiger partial charge in [0.25, 0.3) is 0 Å². The second-order valence-corrected chi connectivity index (χ2v) is 7.02. The van der Waals surface area contributed by atoms with Crippen molar-refractivity contribution in [1.29, 1.82) is 0 Å². The Labute approximate surface area is 156 Å². The molecule has 1 atom stereocenters. The summed E-state index contributed by atoms with van der Waals surface area (Å²) >= 11 is 0. The first-order valence-corrected chi connectivity index (χ1v) is 9.76. The maximum atomic E-state index is 12.5. The average molecular weight is 361 g/mol. The molecule has 1 unspecified atom stereocenters. The smallest absolute Gasteiger partial charge is 0.317 e. The number of likely N-dealkylation sites (tertiary alicyclic amines) is 1. The number of carbonyl (C=O) groups excluding carboxylic acids is 1. The van der Waals surface area contributed by atoms with Crippen molar-refractivity contribution in [3.63, 3.8) is 0 Å². The molecule has 1 aromatic rings. The molecule has 0 spiro atoms. The Morgan fingerprint density at radius 2 is 1.73 bits per heavy atom. The molecule has 2 fully saturated rings. The molecule has 2 saturated heterocycles. The van der Waals surface area contributed by atoms with Crippen molar-refractivity contribution in [2.24, 2.45) is 0 Å². The van der Waals surface area contributed by atoms with Gasteiger partial charge in [-0.2, -0.15) is 0 Å². The minimum Gasteiger partial charge on any atom is -0.497 e. The van der Waals surface area contributed by atoms with E-state index in [2.05, 4.69) is 22.3 Å². The minimum atomic E-state index is 0.0154. The SMILES string of the molecule is COc1ccc(C(CNC(=O)N2CCOCC2)N2CCCCCC2)cc1. The van der Waals surface area contributed by atoms with Crippen LogP contribution in [0.4, 0.5) is 4.79 Å². The van der Waals surface area contributed by atoms with Crippen LogP contribution in [-0.4, -0.2) is 68.9 Å². The van der Waals surface area contributed by atoms with Crippen LogP contribution in [0.25, 0.3) is 0 Å². The van der Waals surface area contributed by atoms with Crippen LogP contribution in [0.15, 0.2) is 24.3 Å². The Morgan fingerprint density at radius 1 is 1.08 bits per heavy atom. The van der Waals surface area contributed by atoms with Gasteiger partial charge in [-0.1, -0.05) is 25.0 Å². The van der Waals surface area contributed by atoms with Crippen LogP contribution in [-0.2, 0) is 4.74 Å². The number of urea groups is 1. The van der Waals surface area contributed by atoms with E-state index in [1.54, 1.807) is 7.11 Å². The molecule has 1 aromatic carbocycles. The second-order valence-electron chi connectivity index (χ2n) is 7.02. The zero-order valence-corrected chi connectivity index (χ0v) is 15.8. The Morgan fingerprint density at radius 3 is 2.35 bits per heavy atom. The molecule has 2 aliphatic heterocycles. The summed E-state index contributed by atoms with van der Waals surface area (Å²) in [5.41, 5.74) is 1.23. The molecule has 144 valence electrons. The Balaban J connectivity index is 1.67. The Kier molecular flexibility index (Phi) is 7.14. The van der Waals surface area contributed by atoms with Crippen molar-refractivity contribution in [3.05, 3.63) is 29.8 Å². The van der Waals surface area contributed by atoms with E-state index in [1.165, 1.54) is 31.2 Å². The van der Waals surface area contributed by atoms with E-state index in [0.29, 0.717) is 32.8 Å². The molecule has 0 saturated carbocycles. The largest absolute Gasteiger partial charge is 0.497 e. The van der Waals surface area contributed by atoms with Gasteiger partial charge in [-0.3, -0.25) is 4.90 Å². The number of morpholine rings is 1. The van der Waals surface area contributed by atoms with Crippen LogP contribution in [0, 0.1) is 0 Å². The van der Waals surface area contributed by atoms with Crippen molar-refractivity contribution in [1.82, 2.24) is 15.1 Å². The lowest BCUT2D eigenvalue weighted by Gasteiger charge is -2.33. The van der Waals surface area contributed by atoms with Crippen LogP contribution >= 0.6 is 0 Å². The summed E-state index contributed by atoms with van der Waals surface area (Å²) in [5, 5.41) is 3.16. The molecule has 26 heavy (non-hydrogen) atoms. The molecule has 2 amide bonds. The van der Waals surface area contributed by atoms with E-state index in [4.69, 9.17) is 9.47 Å². The zero-order valence-electron chi connectivity index (χ0n) is 15.8. The molecule has 0 radical (unpaired) electrons. The predicted molar refractivity (Wildman–Crippen MR) is 102 cm³/mol. The van der Waals surface area contributed by atoms with Gasteiger partial charge < -0.3 is 19.7 Å².